The van der Waals surface area contributed by atoms with E-state index in [0.717, 1.165) is 11.1 Å². The molecular weight excluding hydrogens is 570 g/mol. The number of aliphatic hydroxyl groups excluding tert-OH is 1. The number of carbonyl (C=O) groups excluding carboxylic acids is 3. The minimum Gasteiger partial charge on any atom is -0.446 e. The SMILES string of the molecule is C[C@]12C=CC(=O)C=C1CC[C@H]1[C@@H]3CC[C@](OC(=O)c4ccc(Cc5ccccc5)cc4)(C(=O)SCF)[C@@]3(C)C[C@H](O)[C@@]12F. The number of carbonyl (C=O) groups is 3. The molecule has 0 amide bonds. The number of ketones is 1. The summed E-state index contributed by atoms with van der Waals surface area (Å²) in [5.41, 5.74) is -3.06. The smallest absolute Gasteiger partial charge is 0.339 e. The Morgan fingerprint density at radius 3 is 2.42 bits per heavy atom. The number of benzene rings is 2. The average Bonchev–Trinajstić information content (AvgIpc) is 3.27. The number of esters is 1. The van der Waals surface area contributed by atoms with Gasteiger partial charge in [0.05, 0.1) is 11.7 Å². The zero-order valence-electron chi connectivity index (χ0n) is 24.4. The largest absolute Gasteiger partial charge is 0.446 e. The number of aliphatic hydroxyl groups is 1. The summed E-state index contributed by atoms with van der Waals surface area (Å²) in [4.78, 5) is 39.5. The van der Waals surface area contributed by atoms with Crippen LogP contribution < -0.4 is 0 Å². The first kappa shape index (κ1) is 29.9. The van der Waals surface area contributed by atoms with Crippen LogP contribution in [0, 0.1) is 22.7 Å². The first-order valence-electron chi connectivity index (χ1n) is 14.9. The molecule has 2 aromatic carbocycles. The van der Waals surface area contributed by atoms with Gasteiger partial charge in [-0.15, -0.1) is 0 Å². The highest BCUT2D eigenvalue weighted by molar-refractivity contribution is 8.13. The predicted molar refractivity (Wildman–Crippen MR) is 161 cm³/mol. The van der Waals surface area contributed by atoms with Gasteiger partial charge in [-0.3, -0.25) is 9.59 Å². The van der Waals surface area contributed by atoms with Crippen molar-refractivity contribution in [3.05, 3.63) is 95.1 Å². The minimum atomic E-state index is -2.08. The maximum Gasteiger partial charge on any atom is 0.339 e. The molecule has 0 saturated heterocycles. The third-order valence-corrected chi connectivity index (χ3v) is 11.7. The predicted octanol–water partition coefficient (Wildman–Crippen LogP) is 6.73. The first-order chi connectivity index (χ1) is 20.5. The number of halogens is 2. The molecule has 6 rings (SSSR count). The number of alkyl halides is 2. The van der Waals surface area contributed by atoms with E-state index in [1.807, 2.05) is 42.5 Å². The third kappa shape index (κ3) is 4.47. The molecule has 0 unspecified atom stereocenters. The third-order valence-electron chi connectivity index (χ3n) is 11.0. The molecule has 8 heteroatoms. The number of rotatable bonds is 6. The van der Waals surface area contributed by atoms with Crippen LogP contribution in [0.1, 0.15) is 67.4 Å². The molecule has 3 fully saturated rings. The van der Waals surface area contributed by atoms with E-state index in [9.17, 15) is 23.9 Å². The lowest BCUT2D eigenvalue weighted by Crippen LogP contribution is -2.69. The Hall–Kier alpha value is -3.10. The lowest BCUT2D eigenvalue weighted by molar-refractivity contribution is -0.214. The monoisotopic (exact) mass is 606 g/mol. The van der Waals surface area contributed by atoms with E-state index in [1.165, 1.54) is 12.2 Å². The maximum atomic E-state index is 17.5. The standard InChI is InChI=1S/C35H36F2O5S/c1-32-16-14-26(38)19-25(32)12-13-28-27-15-17-34(31(41)43-21-36,33(27,2)20-29(39)35(28,32)37)42-30(40)24-10-8-23(9-11-24)18-22-6-4-3-5-7-22/h3-11,14,16,19,27-29,39H,12-13,15,17-18,20-21H2,1-2H3/t27-,28-,29-,32-,33-,34-,35-/m0/s1. The molecule has 1 N–H and O–H groups in total. The Morgan fingerprint density at radius 1 is 1.02 bits per heavy atom. The quantitative estimate of drug-likeness (QED) is 0.368. The van der Waals surface area contributed by atoms with Crippen LogP contribution >= 0.6 is 11.8 Å². The van der Waals surface area contributed by atoms with Gasteiger partial charge in [0.15, 0.2) is 17.1 Å². The molecule has 43 heavy (non-hydrogen) atoms. The molecule has 0 aromatic heterocycles. The fourth-order valence-electron chi connectivity index (χ4n) is 8.72. The van der Waals surface area contributed by atoms with Crippen LogP contribution in [0.4, 0.5) is 8.78 Å². The molecule has 0 radical (unpaired) electrons. The van der Waals surface area contributed by atoms with Crippen LogP contribution in [0.3, 0.4) is 0 Å². The summed E-state index contributed by atoms with van der Waals surface area (Å²) >= 11 is 0.454. The number of allylic oxidation sites excluding steroid dienone is 4. The van der Waals surface area contributed by atoms with Crippen LogP contribution in [0.2, 0.25) is 0 Å². The summed E-state index contributed by atoms with van der Waals surface area (Å²) in [7, 11) is 0. The molecule has 2 aromatic rings. The summed E-state index contributed by atoms with van der Waals surface area (Å²) in [6.45, 7) is 3.52. The first-order valence-corrected chi connectivity index (χ1v) is 15.9. The molecule has 0 heterocycles. The molecular formula is C35H36F2O5S. The molecule has 4 aliphatic carbocycles. The van der Waals surface area contributed by atoms with Crippen molar-refractivity contribution in [3.8, 4) is 0 Å². The normalized spacial score (nSPS) is 36.3. The van der Waals surface area contributed by atoms with Crippen molar-refractivity contribution in [1.29, 1.82) is 0 Å². The topological polar surface area (TPSA) is 80.7 Å². The van der Waals surface area contributed by atoms with E-state index >= 15 is 4.39 Å². The highest BCUT2D eigenvalue weighted by Crippen LogP contribution is 2.70. The lowest BCUT2D eigenvalue weighted by Gasteiger charge is -2.62. The van der Waals surface area contributed by atoms with Crippen LogP contribution in [0.5, 0.6) is 0 Å². The summed E-state index contributed by atoms with van der Waals surface area (Å²) in [6.07, 6.45) is 4.84. The van der Waals surface area contributed by atoms with Crippen LogP contribution in [-0.2, 0) is 20.7 Å². The second-order valence-electron chi connectivity index (χ2n) is 12.9. The van der Waals surface area contributed by atoms with Gasteiger partial charge in [0.1, 0.15) is 6.01 Å². The van der Waals surface area contributed by atoms with Crippen LogP contribution in [0.25, 0.3) is 0 Å². The second-order valence-corrected chi connectivity index (χ2v) is 13.8. The van der Waals surface area contributed by atoms with Gasteiger partial charge >= 0.3 is 5.97 Å². The molecule has 4 aliphatic rings. The van der Waals surface area contributed by atoms with Crippen molar-refractivity contribution in [2.45, 2.75) is 69.7 Å². The van der Waals surface area contributed by atoms with E-state index in [4.69, 9.17) is 4.74 Å². The molecule has 7 atom stereocenters. The van der Waals surface area contributed by atoms with Gasteiger partial charge in [-0.05, 0) is 98.5 Å². The number of fused-ring (bicyclic) bond motifs is 5. The van der Waals surface area contributed by atoms with Crippen molar-refractivity contribution in [2.75, 3.05) is 6.01 Å². The van der Waals surface area contributed by atoms with Crippen molar-refractivity contribution in [3.63, 3.8) is 0 Å². The zero-order valence-corrected chi connectivity index (χ0v) is 25.2. The van der Waals surface area contributed by atoms with E-state index in [0.29, 0.717) is 43.0 Å². The van der Waals surface area contributed by atoms with E-state index in [-0.39, 0.29) is 24.2 Å². The lowest BCUT2D eigenvalue weighted by atomic mass is 9.45. The molecule has 5 nitrogen and oxygen atoms in total. The summed E-state index contributed by atoms with van der Waals surface area (Å²) < 4.78 is 37.3. The Labute approximate surface area is 254 Å². The van der Waals surface area contributed by atoms with Crippen molar-refractivity contribution in [1.82, 2.24) is 0 Å². The number of hydrogen-bond acceptors (Lipinski definition) is 6. The molecule has 0 aliphatic heterocycles. The Morgan fingerprint density at radius 2 is 1.72 bits per heavy atom. The summed E-state index contributed by atoms with van der Waals surface area (Å²) in [6, 6.07) is 15.9. The van der Waals surface area contributed by atoms with Crippen LogP contribution in [-0.4, -0.2) is 45.4 Å². The van der Waals surface area contributed by atoms with Gasteiger partial charge < -0.3 is 9.84 Å². The van der Waals surface area contributed by atoms with Gasteiger partial charge in [0.25, 0.3) is 0 Å². The molecule has 3 saturated carbocycles. The Balaban J connectivity index is 1.31. The van der Waals surface area contributed by atoms with Gasteiger partial charge in [0.2, 0.25) is 5.12 Å². The fourth-order valence-corrected chi connectivity index (χ4v) is 9.43. The van der Waals surface area contributed by atoms with E-state index in [2.05, 4.69) is 0 Å². The second kappa shape index (κ2) is 10.8. The van der Waals surface area contributed by atoms with Crippen molar-refractivity contribution in [2.24, 2.45) is 22.7 Å². The molecule has 0 spiro atoms. The average molecular weight is 607 g/mol. The highest BCUT2D eigenvalue weighted by atomic mass is 32.2. The Kier molecular flexibility index (Phi) is 7.53. The van der Waals surface area contributed by atoms with Gasteiger partial charge in [-0.2, -0.15) is 0 Å². The van der Waals surface area contributed by atoms with Gasteiger partial charge in [0, 0.05) is 16.7 Å². The summed E-state index contributed by atoms with van der Waals surface area (Å²) in [5, 5.41) is 11.0. The van der Waals surface area contributed by atoms with Gasteiger partial charge in [-0.25, -0.2) is 13.6 Å². The minimum absolute atomic E-state index is 0.116. The number of ether oxygens (including phenoxy) is 1. The summed E-state index contributed by atoms with van der Waals surface area (Å²) in [5.74, 6) is -1.96. The van der Waals surface area contributed by atoms with E-state index in [1.54, 1.807) is 32.1 Å². The van der Waals surface area contributed by atoms with E-state index < -0.39 is 57.1 Å². The fraction of sp³-hybridized carbons (Fsp3) is 0.457. The number of thioether (sulfide) groups is 1. The van der Waals surface area contributed by atoms with Gasteiger partial charge in [-0.1, -0.05) is 61.0 Å². The maximum absolute atomic E-state index is 17.5. The Bertz CT molecular complexity index is 1510. The molecule has 0 bridgehead atoms. The van der Waals surface area contributed by atoms with Crippen molar-refractivity contribution < 1.29 is 33.0 Å². The number of hydrogen-bond donors (Lipinski definition) is 1. The highest BCUT2D eigenvalue weighted by Gasteiger charge is 2.75. The van der Waals surface area contributed by atoms with Crippen molar-refractivity contribution >= 4 is 28.6 Å². The zero-order chi connectivity index (χ0) is 30.6. The molecule has 226 valence electrons. The van der Waals surface area contributed by atoms with Crippen LogP contribution in [0.15, 0.2) is 78.4 Å².